The van der Waals surface area contributed by atoms with Crippen LogP contribution in [0.4, 0.5) is 8.78 Å². The first-order chi connectivity index (χ1) is 12.8. The lowest BCUT2D eigenvalue weighted by Gasteiger charge is -2.30. The van der Waals surface area contributed by atoms with Crippen molar-refractivity contribution in [3.8, 4) is 11.8 Å². The Labute approximate surface area is 157 Å². The fraction of sp³-hybridized carbons (Fsp3) is 0.235. The minimum atomic E-state index is -3.34. The molecule has 0 spiro atoms. The number of aromatic nitrogens is 1. The summed E-state index contributed by atoms with van der Waals surface area (Å²) in [5, 5.41) is 20.5. The van der Waals surface area contributed by atoms with Gasteiger partial charge in [-0.3, -0.25) is 14.8 Å². The van der Waals surface area contributed by atoms with Gasteiger partial charge in [0, 0.05) is 17.3 Å². The van der Waals surface area contributed by atoms with E-state index in [0.29, 0.717) is 12.5 Å². The number of halogens is 2. The zero-order chi connectivity index (χ0) is 20.0. The highest BCUT2D eigenvalue weighted by atomic mass is 32.1. The van der Waals surface area contributed by atoms with Crippen molar-refractivity contribution in [3.63, 3.8) is 0 Å². The van der Waals surface area contributed by atoms with Crippen molar-refractivity contribution in [2.45, 2.75) is 25.0 Å². The monoisotopic (exact) mass is 395 g/mol. The molecule has 0 fully saturated rings. The van der Waals surface area contributed by atoms with Crippen LogP contribution in [-0.4, -0.2) is 44.6 Å². The summed E-state index contributed by atoms with van der Waals surface area (Å²) in [6.07, 6.45) is -1.72. The van der Waals surface area contributed by atoms with Gasteiger partial charge in [-0.25, -0.2) is 14.3 Å². The minimum absolute atomic E-state index is 0.0548. The van der Waals surface area contributed by atoms with Crippen LogP contribution < -0.4 is 10.8 Å². The lowest BCUT2D eigenvalue weighted by Crippen LogP contribution is -2.61. The maximum absolute atomic E-state index is 13.0. The van der Waals surface area contributed by atoms with Crippen molar-refractivity contribution in [1.29, 1.82) is 0 Å². The van der Waals surface area contributed by atoms with E-state index in [1.165, 1.54) is 35.8 Å². The summed E-state index contributed by atoms with van der Waals surface area (Å²) in [6.45, 7) is 0.677. The number of nitrogens with zero attached hydrogens (tertiary/aromatic N) is 1. The molecule has 2 rings (SSSR count). The molecule has 4 N–H and O–H groups in total. The Morgan fingerprint density at radius 2 is 1.89 bits per heavy atom. The Morgan fingerprint density at radius 3 is 2.41 bits per heavy atom. The number of hydrogen-bond donors (Lipinski definition) is 4. The molecule has 0 aliphatic carbocycles. The van der Waals surface area contributed by atoms with Gasteiger partial charge in [0.2, 0.25) is 0 Å². The highest BCUT2D eigenvalue weighted by molar-refractivity contribution is 7.06. The first-order valence-corrected chi connectivity index (χ1v) is 8.31. The molecule has 142 valence electrons. The molecule has 27 heavy (non-hydrogen) atoms. The topological polar surface area (TPSA) is 112 Å². The van der Waals surface area contributed by atoms with Crippen LogP contribution in [0.5, 0.6) is 0 Å². The number of carbonyl (C=O) groups is 2. The number of nitrogens with one attached hydrogen (secondary N) is 2. The second kappa shape index (κ2) is 8.68. The molecular formula is C17H15F2N3O4S. The number of hydrogen-bond acceptors (Lipinski definition) is 6. The van der Waals surface area contributed by atoms with Crippen LogP contribution in [0.3, 0.4) is 0 Å². The van der Waals surface area contributed by atoms with Crippen LogP contribution in [0.15, 0.2) is 36.5 Å². The van der Waals surface area contributed by atoms with Gasteiger partial charge in [-0.1, -0.05) is 5.92 Å². The summed E-state index contributed by atoms with van der Waals surface area (Å²) in [6, 6.07) is 5.53. The number of aliphatic hydroxyl groups is 1. The first-order valence-electron chi connectivity index (χ1n) is 7.53. The maximum Gasteiger partial charge on any atom is 0.269 e. The van der Waals surface area contributed by atoms with Gasteiger partial charge in [-0.2, -0.15) is 4.37 Å². The van der Waals surface area contributed by atoms with Gasteiger partial charge in [0.15, 0.2) is 5.60 Å². The summed E-state index contributed by atoms with van der Waals surface area (Å²) >= 11 is 1.24. The second-order valence-corrected chi connectivity index (χ2v) is 6.45. The molecule has 0 saturated heterocycles. The zero-order valence-corrected chi connectivity index (χ0v) is 14.8. The molecule has 2 amide bonds. The Morgan fingerprint density at radius 1 is 1.22 bits per heavy atom. The fourth-order valence-electron chi connectivity index (χ4n) is 2.00. The summed E-state index contributed by atoms with van der Waals surface area (Å²) in [7, 11) is 0. The predicted molar refractivity (Wildman–Crippen MR) is 92.3 cm³/mol. The van der Waals surface area contributed by atoms with E-state index in [-0.39, 0.29) is 5.56 Å². The minimum Gasteiger partial charge on any atom is -0.381 e. The highest BCUT2D eigenvalue weighted by Gasteiger charge is 2.46. The summed E-state index contributed by atoms with van der Waals surface area (Å²) in [4.78, 5) is 24.6. The molecule has 1 unspecified atom stereocenters. The van der Waals surface area contributed by atoms with Crippen LogP contribution in [0.25, 0.3) is 0 Å². The van der Waals surface area contributed by atoms with Gasteiger partial charge in [-0.05, 0) is 54.7 Å². The molecule has 0 saturated carbocycles. The lowest BCUT2D eigenvalue weighted by atomic mass is 9.95. The number of carbonyl (C=O) groups excluding carboxylic acids is 2. The molecule has 2 atom stereocenters. The third-order valence-electron chi connectivity index (χ3n) is 3.59. The molecule has 0 aliphatic rings. The van der Waals surface area contributed by atoms with E-state index in [2.05, 4.69) is 16.2 Å². The number of alkyl halides is 2. The molecule has 1 aromatic heterocycles. The molecular weight excluding hydrogens is 380 g/mol. The largest absolute Gasteiger partial charge is 0.381 e. The van der Waals surface area contributed by atoms with Crippen molar-refractivity contribution in [3.05, 3.63) is 52.5 Å². The van der Waals surface area contributed by atoms with Crippen LogP contribution in [0, 0.1) is 11.8 Å². The smallest absolute Gasteiger partial charge is 0.269 e. The molecule has 7 nitrogen and oxygen atoms in total. The molecule has 0 radical (unpaired) electrons. The Balaban J connectivity index is 2.15. The van der Waals surface area contributed by atoms with Crippen LogP contribution >= 0.6 is 11.5 Å². The van der Waals surface area contributed by atoms with E-state index in [4.69, 9.17) is 5.21 Å². The Bertz CT molecular complexity index is 859. The number of amides is 2. The van der Waals surface area contributed by atoms with Crippen molar-refractivity contribution in [2.24, 2.45) is 0 Å². The zero-order valence-electron chi connectivity index (χ0n) is 13.9. The summed E-state index contributed by atoms with van der Waals surface area (Å²) in [5.41, 5.74) is -1.08. The number of benzene rings is 1. The van der Waals surface area contributed by atoms with Crippen LogP contribution in [-0.2, 0) is 4.79 Å². The second-order valence-electron chi connectivity index (χ2n) is 5.61. The van der Waals surface area contributed by atoms with E-state index in [1.54, 1.807) is 12.3 Å². The Kier molecular flexibility index (Phi) is 6.57. The quantitative estimate of drug-likeness (QED) is 0.345. The van der Waals surface area contributed by atoms with Crippen molar-refractivity contribution in [2.75, 3.05) is 0 Å². The van der Waals surface area contributed by atoms with E-state index in [9.17, 15) is 23.5 Å². The van der Waals surface area contributed by atoms with E-state index in [0.717, 1.165) is 10.4 Å². The molecule has 1 aromatic carbocycles. The first kappa shape index (κ1) is 20.4. The van der Waals surface area contributed by atoms with E-state index >= 15 is 0 Å². The molecule has 0 bridgehead atoms. The predicted octanol–water partition coefficient (Wildman–Crippen LogP) is 1.16. The van der Waals surface area contributed by atoms with Gasteiger partial charge in [0.1, 0.15) is 6.04 Å². The highest BCUT2D eigenvalue weighted by Crippen LogP contribution is 2.20. The SMILES string of the molecule is CC(O)(C(F)F)[C@H](NC(=O)c1ccc(C#Cc2ccns2)cc1)C(=O)NO. The Hall–Kier alpha value is -2.87. The standard InChI is InChI=1S/C17H15F2N3O4S/c1-17(25,16(18)19)13(15(24)22-26)21-14(23)11-5-2-10(3-6-11)4-7-12-8-9-20-27-12/h2-3,5-6,8-9,13,16,25-26H,1H3,(H,21,23)(H,22,24)/t13-,17?/m1/s1. The normalized spacial score (nSPS) is 13.9. The lowest BCUT2D eigenvalue weighted by molar-refractivity contribution is -0.149. The van der Waals surface area contributed by atoms with E-state index in [1.807, 2.05) is 5.32 Å². The van der Waals surface area contributed by atoms with Gasteiger partial charge in [0.05, 0.1) is 4.88 Å². The molecule has 0 aliphatic heterocycles. The van der Waals surface area contributed by atoms with Crippen molar-refractivity contribution < 1.29 is 28.7 Å². The molecule has 1 heterocycles. The average Bonchev–Trinajstić information content (AvgIpc) is 3.17. The van der Waals surface area contributed by atoms with Crippen molar-refractivity contribution in [1.82, 2.24) is 15.2 Å². The summed E-state index contributed by atoms with van der Waals surface area (Å²) < 4.78 is 29.9. The number of hydroxylamine groups is 1. The average molecular weight is 395 g/mol. The third kappa shape index (κ3) is 5.07. The van der Waals surface area contributed by atoms with Gasteiger partial charge >= 0.3 is 0 Å². The van der Waals surface area contributed by atoms with Crippen LogP contribution in [0.1, 0.15) is 27.7 Å². The van der Waals surface area contributed by atoms with Gasteiger partial charge in [0.25, 0.3) is 18.2 Å². The number of rotatable bonds is 5. The van der Waals surface area contributed by atoms with Gasteiger partial charge < -0.3 is 10.4 Å². The third-order valence-corrected chi connectivity index (χ3v) is 4.25. The van der Waals surface area contributed by atoms with Gasteiger partial charge in [-0.15, -0.1) is 0 Å². The fourth-order valence-corrected chi connectivity index (χ4v) is 2.45. The van der Waals surface area contributed by atoms with Crippen LogP contribution in [0.2, 0.25) is 0 Å². The van der Waals surface area contributed by atoms with E-state index < -0.39 is 29.9 Å². The summed E-state index contributed by atoms with van der Waals surface area (Å²) in [5.74, 6) is 3.50. The molecule has 10 heteroatoms. The molecule has 2 aromatic rings. The van der Waals surface area contributed by atoms with Crippen molar-refractivity contribution >= 4 is 23.3 Å². The maximum atomic E-state index is 13.0.